The van der Waals surface area contributed by atoms with Gasteiger partial charge in [-0.15, -0.1) is 0 Å². The van der Waals surface area contributed by atoms with Gasteiger partial charge in [-0.2, -0.15) is 0 Å². The fourth-order valence-corrected chi connectivity index (χ4v) is 3.10. The number of carbonyl (C=O) groups excluding carboxylic acids is 3. The summed E-state index contributed by atoms with van der Waals surface area (Å²) in [4.78, 5) is 37.8. The van der Waals surface area contributed by atoms with Gasteiger partial charge in [0.25, 0.3) is 0 Å². The molecule has 41 heavy (non-hydrogen) atoms. The van der Waals surface area contributed by atoms with Crippen LogP contribution in [0.15, 0.2) is 77.8 Å². The first kappa shape index (κ1) is 32.8. The Hall–Kier alpha value is -4.46. The van der Waals surface area contributed by atoms with Crippen LogP contribution in [0.5, 0.6) is 11.5 Å². The maximum Gasteiger partial charge on any atom is 0.344 e. The van der Waals surface area contributed by atoms with Gasteiger partial charge in [0, 0.05) is 11.8 Å². The number of esters is 2. The molecule has 0 amide bonds. The molecule has 0 unspecified atom stereocenters. The van der Waals surface area contributed by atoms with Crippen molar-refractivity contribution in [1.29, 1.82) is 0 Å². The van der Waals surface area contributed by atoms with Crippen molar-refractivity contribution in [3.8, 4) is 11.5 Å². The molecule has 3 aromatic carbocycles. The number of hydrogen-bond acceptors (Lipinski definition) is 8. The molecular weight excluding hydrogens is 522 g/mol. The lowest BCUT2D eigenvalue weighted by Crippen LogP contribution is -2.27. The van der Waals surface area contributed by atoms with Crippen LogP contribution in [0, 0.1) is 6.92 Å². The largest absolute Gasteiger partial charge is 0.482 e. The molecular formula is C33H39NO7. The van der Waals surface area contributed by atoms with Crippen molar-refractivity contribution in [1.82, 2.24) is 0 Å². The second-order valence-corrected chi connectivity index (χ2v) is 11.1. The van der Waals surface area contributed by atoms with Crippen molar-refractivity contribution in [2.75, 3.05) is 13.2 Å². The number of aliphatic imine (C=N–C) groups is 1. The molecule has 8 heteroatoms. The number of hydrogen-bond donors (Lipinski definition) is 0. The molecule has 0 aliphatic rings. The van der Waals surface area contributed by atoms with E-state index < -0.39 is 17.2 Å². The fraction of sp³-hybridized carbons (Fsp3) is 0.333. The normalized spacial score (nSPS) is 11.2. The average Bonchev–Trinajstić information content (AvgIpc) is 2.90. The SMILES string of the molecule is CC(C)(C)OC(=O)COc1ccc(C=O)cc1.Cc1ccc(N=Cc2ccc(OCC(=O)OC(C)(C)C)cc2)cc1. The van der Waals surface area contributed by atoms with Crippen molar-refractivity contribution < 1.29 is 33.3 Å². The minimum atomic E-state index is -0.512. The third-order valence-electron chi connectivity index (χ3n) is 4.85. The van der Waals surface area contributed by atoms with Gasteiger partial charge in [0.15, 0.2) is 13.2 Å². The summed E-state index contributed by atoms with van der Waals surface area (Å²) in [6.07, 6.45) is 2.54. The minimum Gasteiger partial charge on any atom is -0.482 e. The molecule has 0 aliphatic heterocycles. The highest BCUT2D eigenvalue weighted by Gasteiger charge is 2.17. The van der Waals surface area contributed by atoms with Gasteiger partial charge in [0.2, 0.25) is 0 Å². The molecule has 0 radical (unpaired) electrons. The number of aryl methyl sites for hydroxylation is 1. The van der Waals surface area contributed by atoms with Crippen LogP contribution in [-0.4, -0.2) is 48.9 Å². The van der Waals surface area contributed by atoms with Gasteiger partial charge < -0.3 is 18.9 Å². The van der Waals surface area contributed by atoms with E-state index in [-0.39, 0.29) is 19.2 Å². The summed E-state index contributed by atoms with van der Waals surface area (Å²) in [6, 6.07) is 21.9. The highest BCUT2D eigenvalue weighted by molar-refractivity contribution is 5.82. The first-order chi connectivity index (χ1) is 19.2. The van der Waals surface area contributed by atoms with E-state index >= 15 is 0 Å². The fourth-order valence-electron chi connectivity index (χ4n) is 3.10. The summed E-state index contributed by atoms with van der Waals surface area (Å²) < 4.78 is 20.9. The molecule has 0 N–H and O–H groups in total. The predicted octanol–water partition coefficient (Wildman–Crippen LogP) is 6.69. The number of nitrogens with zero attached hydrogens (tertiary/aromatic N) is 1. The molecule has 0 spiro atoms. The molecule has 218 valence electrons. The van der Waals surface area contributed by atoms with Crippen LogP contribution >= 0.6 is 0 Å². The Kier molecular flexibility index (Phi) is 12.3. The van der Waals surface area contributed by atoms with E-state index in [1.165, 1.54) is 5.56 Å². The molecule has 0 atom stereocenters. The number of carbonyl (C=O) groups is 3. The van der Waals surface area contributed by atoms with Crippen molar-refractivity contribution in [2.45, 2.75) is 59.7 Å². The Morgan fingerprint density at radius 3 is 1.46 bits per heavy atom. The molecule has 3 aromatic rings. The van der Waals surface area contributed by atoms with Gasteiger partial charge in [0.1, 0.15) is 29.0 Å². The zero-order valence-electron chi connectivity index (χ0n) is 24.8. The quantitative estimate of drug-likeness (QED) is 0.163. The summed E-state index contributed by atoms with van der Waals surface area (Å²) in [7, 11) is 0. The maximum absolute atomic E-state index is 11.6. The van der Waals surface area contributed by atoms with Gasteiger partial charge in [-0.05, 0) is 115 Å². The van der Waals surface area contributed by atoms with Crippen molar-refractivity contribution in [2.24, 2.45) is 4.99 Å². The Balaban J connectivity index is 0.000000305. The zero-order valence-corrected chi connectivity index (χ0v) is 24.8. The molecule has 8 nitrogen and oxygen atoms in total. The van der Waals surface area contributed by atoms with Crippen LogP contribution in [0.2, 0.25) is 0 Å². The third-order valence-corrected chi connectivity index (χ3v) is 4.85. The van der Waals surface area contributed by atoms with Gasteiger partial charge in [-0.3, -0.25) is 9.79 Å². The Labute approximate surface area is 242 Å². The standard InChI is InChI=1S/C20H23NO3.C13H16O4/c1-15-5-9-17(10-6-15)21-13-16-7-11-18(12-8-16)23-14-19(22)24-20(2,3)4;1-13(2,3)17-12(15)9-16-11-6-4-10(8-14)5-7-11/h5-13H,14H2,1-4H3;4-8H,9H2,1-3H3. The lowest BCUT2D eigenvalue weighted by molar-refractivity contribution is -0.158. The highest BCUT2D eigenvalue weighted by atomic mass is 16.6. The van der Waals surface area contributed by atoms with E-state index in [0.717, 1.165) is 17.5 Å². The molecule has 0 saturated carbocycles. The van der Waals surface area contributed by atoms with E-state index in [9.17, 15) is 14.4 Å². The van der Waals surface area contributed by atoms with Crippen LogP contribution in [0.4, 0.5) is 5.69 Å². The minimum absolute atomic E-state index is 0.103. The van der Waals surface area contributed by atoms with Gasteiger partial charge in [-0.1, -0.05) is 17.7 Å². The molecule has 3 rings (SSSR count). The Morgan fingerprint density at radius 1 is 0.659 bits per heavy atom. The van der Waals surface area contributed by atoms with Crippen molar-refractivity contribution in [3.05, 3.63) is 89.5 Å². The topological polar surface area (TPSA) is 100 Å². The molecule has 0 aliphatic carbocycles. The lowest BCUT2D eigenvalue weighted by Gasteiger charge is -2.19. The molecule has 0 aromatic heterocycles. The third kappa shape index (κ3) is 14.5. The molecule has 0 heterocycles. The van der Waals surface area contributed by atoms with Gasteiger partial charge in [-0.25, -0.2) is 9.59 Å². The summed E-state index contributed by atoms with van der Waals surface area (Å²) in [5.74, 6) is 0.347. The first-order valence-corrected chi connectivity index (χ1v) is 13.2. The zero-order chi connectivity index (χ0) is 30.5. The number of rotatable bonds is 9. The lowest BCUT2D eigenvalue weighted by atomic mass is 10.2. The van der Waals surface area contributed by atoms with E-state index in [2.05, 4.69) is 4.99 Å². The maximum atomic E-state index is 11.6. The van der Waals surface area contributed by atoms with E-state index in [1.807, 2.05) is 64.1 Å². The number of ether oxygens (including phenoxy) is 4. The average molecular weight is 562 g/mol. The first-order valence-electron chi connectivity index (χ1n) is 13.2. The van der Waals surface area contributed by atoms with Crippen LogP contribution in [-0.2, 0) is 19.1 Å². The van der Waals surface area contributed by atoms with Crippen LogP contribution in [0.1, 0.15) is 63.0 Å². The summed E-state index contributed by atoms with van der Waals surface area (Å²) in [5.41, 5.74) is 2.62. The smallest absolute Gasteiger partial charge is 0.344 e. The van der Waals surface area contributed by atoms with Crippen molar-refractivity contribution in [3.63, 3.8) is 0 Å². The van der Waals surface area contributed by atoms with Gasteiger partial charge >= 0.3 is 11.9 Å². The van der Waals surface area contributed by atoms with E-state index in [1.54, 1.807) is 63.4 Å². The second kappa shape index (κ2) is 15.4. The van der Waals surface area contributed by atoms with Gasteiger partial charge in [0.05, 0.1) is 5.69 Å². The van der Waals surface area contributed by atoms with Crippen LogP contribution in [0.25, 0.3) is 0 Å². The van der Waals surface area contributed by atoms with Crippen LogP contribution in [0.3, 0.4) is 0 Å². The summed E-state index contributed by atoms with van der Waals surface area (Å²) in [6.45, 7) is 12.7. The second-order valence-electron chi connectivity index (χ2n) is 11.1. The monoisotopic (exact) mass is 561 g/mol. The molecule has 0 fully saturated rings. The number of aldehydes is 1. The number of benzene rings is 3. The van der Waals surface area contributed by atoms with Crippen LogP contribution < -0.4 is 9.47 Å². The van der Waals surface area contributed by atoms with E-state index in [0.29, 0.717) is 17.1 Å². The predicted molar refractivity (Wildman–Crippen MR) is 159 cm³/mol. The van der Waals surface area contributed by atoms with E-state index in [4.69, 9.17) is 18.9 Å². The molecule has 0 saturated heterocycles. The summed E-state index contributed by atoms with van der Waals surface area (Å²) in [5, 5.41) is 0. The van der Waals surface area contributed by atoms with Crippen molar-refractivity contribution >= 4 is 30.1 Å². The Bertz CT molecular complexity index is 1280. The highest BCUT2D eigenvalue weighted by Crippen LogP contribution is 2.16. The Morgan fingerprint density at radius 2 is 1.07 bits per heavy atom. The molecule has 0 bridgehead atoms. The summed E-state index contributed by atoms with van der Waals surface area (Å²) >= 11 is 0.